The van der Waals surface area contributed by atoms with Crippen LogP contribution in [-0.4, -0.2) is 25.8 Å². The summed E-state index contributed by atoms with van der Waals surface area (Å²) in [7, 11) is 3.61. The molecular weight excluding hydrogens is 138 g/mol. The molecule has 64 valence electrons. The van der Waals surface area contributed by atoms with Gasteiger partial charge in [-0.2, -0.15) is 5.06 Å². The van der Waals surface area contributed by atoms with Crippen molar-refractivity contribution in [3.8, 4) is 11.8 Å². The number of hydroxylamine groups is 2. The largest absolute Gasteiger partial charge is 0.303 e. The first-order valence-corrected chi connectivity index (χ1v) is 3.85. The average Bonchev–Trinajstić information content (AvgIpc) is 2.00. The van der Waals surface area contributed by atoms with E-state index in [1.54, 1.807) is 7.11 Å². The summed E-state index contributed by atoms with van der Waals surface area (Å²) >= 11 is 0. The van der Waals surface area contributed by atoms with Crippen LogP contribution in [0.5, 0.6) is 0 Å². The Hall–Kier alpha value is -0.520. The smallest absolute Gasteiger partial charge is 0.0575 e. The van der Waals surface area contributed by atoms with Gasteiger partial charge in [-0.05, 0) is 12.8 Å². The molecule has 0 aromatic carbocycles. The third-order valence-corrected chi connectivity index (χ3v) is 1.51. The van der Waals surface area contributed by atoms with Gasteiger partial charge in [0, 0.05) is 20.0 Å². The maximum Gasteiger partial charge on any atom is 0.0575 e. The van der Waals surface area contributed by atoms with Crippen molar-refractivity contribution < 1.29 is 4.84 Å². The normalized spacial score (nSPS) is 12.5. The van der Waals surface area contributed by atoms with Gasteiger partial charge in [-0.15, -0.1) is 11.8 Å². The zero-order valence-electron chi connectivity index (χ0n) is 7.85. The Labute approximate surface area is 69.5 Å². The number of hydrogen-bond donors (Lipinski definition) is 0. The van der Waals surface area contributed by atoms with Gasteiger partial charge in [0.2, 0.25) is 0 Å². The van der Waals surface area contributed by atoms with E-state index in [0.717, 1.165) is 13.0 Å². The highest BCUT2D eigenvalue weighted by molar-refractivity contribution is 4.95. The zero-order chi connectivity index (χ0) is 8.69. The molecule has 2 heteroatoms. The molecule has 0 aliphatic carbocycles. The van der Waals surface area contributed by atoms with Gasteiger partial charge in [0.05, 0.1) is 7.11 Å². The molecule has 0 saturated heterocycles. The summed E-state index contributed by atoms with van der Waals surface area (Å²) in [4.78, 5) is 4.99. The average molecular weight is 155 g/mol. The first kappa shape index (κ1) is 10.5. The highest BCUT2D eigenvalue weighted by Gasteiger charge is 2.02. The predicted molar refractivity (Wildman–Crippen MR) is 46.9 cm³/mol. The van der Waals surface area contributed by atoms with Gasteiger partial charge in [0.1, 0.15) is 0 Å². The van der Waals surface area contributed by atoms with E-state index in [9.17, 15) is 0 Å². The summed E-state index contributed by atoms with van der Waals surface area (Å²) in [5.74, 6) is 6.50. The van der Waals surface area contributed by atoms with Crippen molar-refractivity contribution in [3.63, 3.8) is 0 Å². The second-order valence-electron chi connectivity index (χ2n) is 2.73. The van der Waals surface area contributed by atoms with Crippen molar-refractivity contribution in [1.82, 2.24) is 5.06 Å². The summed E-state index contributed by atoms with van der Waals surface area (Å²) in [5, 5.41) is 1.82. The SMILES string of the molecule is CC#CC[C@H](C)CN(C)OC. The summed E-state index contributed by atoms with van der Waals surface area (Å²) in [6.45, 7) is 4.97. The van der Waals surface area contributed by atoms with Gasteiger partial charge in [0.15, 0.2) is 0 Å². The Bertz CT molecular complexity index is 145. The molecular formula is C9H17NO. The minimum Gasteiger partial charge on any atom is -0.303 e. The Balaban J connectivity index is 3.48. The van der Waals surface area contributed by atoms with Gasteiger partial charge in [-0.25, -0.2) is 0 Å². The molecule has 0 bridgehead atoms. The maximum absolute atomic E-state index is 4.99. The quantitative estimate of drug-likeness (QED) is 0.451. The van der Waals surface area contributed by atoms with E-state index in [1.807, 2.05) is 19.0 Å². The summed E-state index contributed by atoms with van der Waals surface area (Å²) in [5.41, 5.74) is 0. The van der Waals surface area contributed by atoms with Crippen LogP contribution in [0.4, 0.5) is 0 Å². The van der Waals surface area contributed by atoms with Gasteiger partial charge < -0.3 is 4.84 Å². The van der Waals surface area contributed by atoms with Crippen molar-refractivity contribution in [1.29, 1.82) is 0 Å². The summed E-state index contributed by atoms with van der Waals surface area (Å²) in [6, 6.07) is 0. The molecule has 0 saturated carbocycles. The van der Waals surface area contributed by atoms with E-state index in [4.69, 9.17) is 4.84 Å². The number of nitrogens with zero attached hydrogens (tertiary/aromatic N) is 1. The zero-order valence-corrected chi connectivity index (χ0v) is 7.85. The molecule has 0 unspecified atom stereocenters. The Kier molecular flexibility index (Phi) is 5.91. The van der Waals surface area contributed by atoms with Crippen molar-refractivity contribution in [3.05, 3.63) is 0 Å². The fourth-order valence-corrected chi connectivity index (χ4v) is 0.854. The van der Waals surface area contributed by atoms with E-state index < -0.39 is 0 Å². The first-order valence-electron chi connectivity index (χ1n) is 3.85. The van der Waals surface area contributed by atoms with E-state index in [2.05, 4.69) is 18.8 Å². The molecule has 0 aliphatic rings. The van der Waals surface area contributed by atoms with E-state index in [1.165, 1.54) is 0 Å². The van der Waals surface area contributed by atoms with E-state index >= 15 is 0 Å². The van der Waals surface area contributed by atoms with Crippen molar-refractivity contribution >= 4 is 0 Å². The molecule has 0 aromatic rings. The van der Waals surface area contributed by atoms with Gasteiger partial charge in [0.25, 0.3) is 0 Å². The number of hydrogen-bond acceptors (Lipinski definition) is 2. The molecule has 0 N–H and O–H groups in total. The highest BCUT2D eigenvalue weighted by Crippen LogP contribution is 2.01. The van der Waals surface area contributed by atoms with Crippen LogP contribution >= 0.6 is 0 Å². The monoisotopic (exact) mass is 155 g/mol. The maximum atomic E-state index is 4.99. The van der Waals surface area contributed by atoms with Gasteiger partial charge in [-0.3, -0.25) is 0 Å². The Morgan fingerprint density at radius 1 is 1.55 bits per heavy atom. The van der Waals surface area contributed by atoms with Crippen molar-refractivity contribution in [2.45, 2.75) is 20.3 Å². The van der Waals surface area contributed by atoms with Crippen LogP contribution in [0.2, 0.25) is 0 Å². The minimum atomic E-state index is 0.576. The van der Waals surface area contributed by atoms with Crippen LogP contribution in [0.3, 0.4) is 0 Å². The Morgan fingerprint density at radius 2 is 2.18 bits per heavy atom. The molecule has 0 amide bonds. The topological polar surface area (TPSA) is 12.5 Å². The van der Waals surface area contributed by atoms with Crippen LogP contribution in [0.15, 0.2) is 0 Å². The Morgan fingerprint density at radius 3 is 2.64 bits per heavy atom. The van der Waals surface area contributed by atoms with Crippen LogP contribution in [0, 0.1) is 17.8 Å². The lowest BCUT2D eigenvalue weighted by Crippen LogP contribution is -2.22. The first-order chi connectivity index (χ1) is 5.20. The van der Waals surface area contributed by atoms with Gasteiger partial charge in [-0.1, -0.05) is 6.92 Å². The second-order valence-corrected chi connectivity index (χ2v) is 2.73. The third-order valence-electron chi connectivity index (χ3n) is 1.51. The molecule has 0 aromatic heterocycles. The fraction of sp³-hybridized carbons (Fsp3) is 0.778. The van der Waals surface area contributed by atoms with Crippen LogP contribution in [0.1, 0.15) is 20.3 Å². The molecule has 0 fully saturated rings. The molecule has 0 spiro atoms. The highest BCUT2D eigenvalue weighted by atomic mass is 16.7. The standard InChI is InChI=1S/C9H17NO/c1-5-6-7-9(2)8-10(3)11-4/h9H,7-8H2,1-4H3/t9-/m0/s1. The minimum absolute atomic E-state index is 0.576. The molecule has 11 heavy (non-hydrogen) atoms. The van der Waals surface area contributed by atoms with Crippen molar-refractivity contribution in [2.75, 3.05) is 20.7 Å². The fourth-order valence-electron chi connectivity index (χ4n) is 0.854. The summed E-state index contributed by atoms with van der Waals surface area (Å²) in [6.07, 6.45) is 0.949. The third kappa shape index (κ3) is 5.90. The van der Waals surface area contributed by atoms with E-state index in [-0.39, 0.29) is 0 Å². The predicted octanol–water partition coefficient (Wildman–Crippen LogP) is 1.53. The van der Waals surface area contributed by atoms with Crippen LogP contribution in [0.25, 0.3) is 0 Å². The lowest BCUT2D eigenvalue weighted by atomic mass is 10.1. The van der Waals surface area contributed by atoms with Crippen molar-refractivity contribution in [2.24, 2.45) is 5.92 Å². The molecule has 0 rings (SSSR count). The van der Waals surface area contributed by atoms with E-state index in [0.29, 0.717) is 5.92 Å². The molecule has 0 aliphatic heterocycles. The number of rotatable bonds is 4. The molecule has 1 atom stereocenters. The lowest BCUT2D eigenvalue weighted by molar-refractivity contribution is -0.116. The second kappa shape index (κ2) is 6.21. The molecule has 0 heterocycles. The molecule has 0 radical (unpaired) electrons. The van der Waals surface area contributed by atoms with Gasteiger partial charge >= 0.3 is 0 Å². The lowest BCUT2D eigenvalue weighted by Gasteiger charge is -2.16. The van der Waals surface area contributed by atoms with Crippen LogP contribution in [-0.2, 0) is 4.84 Å². The summed E-state index contributed by atoms with van der Waals surface area (Å²) < 4.78 is 0. The van der Waals surface area contributed by atoms with Crippen LogP contribution < -0.4 is 0 Å². The molecule has 2 nitrogen and oxygen atoms in total.